The average Bonchev–Trinajstić information content (AvgIpc) is 2.56. The van der Waals surface area contributed by atoms with Crippen molar-refractivity contribution in [2.24, 2.45) is 17.8 Å². The lowest BCUT2D eigenvalue weighted by molar-refractivity contribution is 0.0775. The number of carbonyl (C=O) groups is 1. The van der Waals surface area contributed by atoms with E-state index in [1.165, 1.54) is 0 Å². The van der Waals surface area contributed by atoms with Crippen LogP contribution in [0, 0.1) is 17.8 Å². The number of amides is 1. The van der Waals surface area contributed by atoms with E-state index < -0.39 is 0 Å². The molecule has 1 amide bonds. The lowest BCUT2D eigenvalue weighted by Crippen LogP contribution is -2.33. The van der Waals surface area contributed by atoms with Crippen molar-refractivity contribution in [1.82, 2.24) is 4.90 Å². The lowest BCUT2D eigenvalue weighted by atomic mass is 10.3. The van der Waals surface area contributed by atoms with Gasteiger partial charge in [0.25, 0.3) is 0 Å². The average molecular weight is 199 g/mol. The van der Waals surface area contributed by atoms with Crippen LogP contribution in [0.2, 0.25) is 0 Å². The number of fused-ring (bicyclic) bond motifs is 1. The first-order chi connectivity index (χ1) is 6.63. The third-order valence-corrected chi connectivity index (χ3v) is 3.18. The number of hydrogen-bond acceptors (Lipinski definition) is 3. The Hall–Kier alpha value is -0.770. The number of carbonyl (C=O) groups excluding carboxylic acids is 1. The van der Waals surface area contributed by atoms with Gasteiger partial charge in [0.05, 0.1) is 6.10 Å². The maximum atomic E-state index is 11.5. The number of rotatable bonds is 2. The van der Waals surface area contributed by atoms with Crippen LogP contribution in [-0.2, 0) is 4.74 Å². The Bertz CT molecular complexity index is 230. The van der Waals surface area contributed by atoms with E-state index in [2.05, 4.69) is 0 Å². The highest BCUT2D eigenvalue weighted by Crippen LogP contribution is 2.51. The monoisotopic (exact) mass is 199 g/mol. The molecule has 1 unspecified atom stereocenters. The highest BCUT2D eigenvalue weighted by molar-refractivity contribution is 5.68. The number of hydrogen-bond donors (Lipinski definition) is 1. The van der Waals surface area contributed by atoms with Crippen LogP contribution in [0.5, 0.6) is 0 Å². The molecule has 14 heavy (non-hydrogen) atoms. The third-order valence-electron chi connectivity index (χ3n) is 3.18. The molecule has 3 atom stereocenters. The van der Waals surface area contributed by atoms with Gasteiger partial charge in [0.1, 0.15) is 0 Å². The van der Waals surface area contributed by atoms with Gasteiger partial charge < -0.3 is 14.7 Å². The van der Waals surface area contributed by atoms with Crippen molar-refractivity contribution in [2.75, 3.05) is 19.7 Å². The first kappa shape index (κ1) is 9.77. The molecular weight excluding hydrogens is 182 g/mol. The Labute approximate surface area is 83.8 Å². The summed E-state index contributed by atoms with van der Waals surface area (Å²) in [5.74, 6) is 1.50. The standard InChI is InChI=1S/C10H17NO3/c1-6(2)14-10(13)11-3-7-8(4-11)9(7)5-12/h6-9,12H,3-5H2,1-2H3/t7-,8+,9?. The quantitative estimate of drug-likeness (QED) is 0.712. The van der Waals surface area contributed by atoms with Crippen LogP contribution in [0.25, 0.3) is 0 Å². The second kappa shape index (κ2) is 3.42. The molecule has 1 saturated heterocycles. The molecule has 0 radical (unpaired) electrons. The summed E-state index contributed by atoms with van der Waals surface area (Å²) >= 11 is 0. The normalized spacial score (nSPS) is 34.6. The zero-order chi connectivity index (χ0) is 10.3. The Morgan fingerprint density at radius 2 is 2.07 bits per heavy atom. The Kier molecular flexibility index (Phi) is 2.39. The van der Waals surface area contributed by atoms with E-state index in [1.807, 2.05) is 13.8 Å². The molecule has 2 aliphatic rings. The Balaban J connectivity index is 1.79. The number of aliphatic hydroxyl groups excluding tert-OH is 1. The van der Waals surface area contributed by atoms with E-state index in [9.17, 15) is 4.79 Å². The summed E-state index contributed by atoms with van der Waals surface area (Å²) in [4.78, 5) is 13.2. The Morgan fingerprint density at radius 1 is 1.50 bits per heavy atom. The molecule has 2 rings (SSSR count). The van der Waals surface area contributed by atoms with Crippen molar-refractivity contribution in [3.63, 3.8) is 0 Å². The van der Waals surface area contributed by atoms with Gasteiger partial charge in [0.2, 0.25) is 0 Å². The number of likely N-dealkylation sites (tertiary alicyclic amines) is 1. The van der Waals surface area contributed by atoms with Gasteiger partial charge in [0, 0.05) is 19.7 Å². The fourth-order valence-electron chi connectivity index (χ4n) is 2.35. The fraction of sp³-hybridized carbons (Fsp3) is 0.900. The van der Waals surface area contributed by atoms with Gasteiger partial charge in [-0.2, -0.15) is 0 Å². The fourth-order valence-corrected chi connectivity index (χ4v) is 2.35. The van der Waals surface area contributed by atoms with Crippen molar-refractivity contribution in [1.29, 1.82) is 0 Å². The van der Waals surface area contributed by atoms with E-state index in [1.54, 1.807) is 4.90 Å². The molecule has 80 valence electrons. The summed E-state index contributed by atoms with van der Waals surface area (Å²) in [6.45, 7) is 5.50. The molecule has 2 fully saturated rings. The van der Waals surface area contributed by atoms with Crippen LogP contribution < -0.4 is 0 Å². The van der Waals surface area contributed by atoms with E-state index in [0.29, 0.717) is 17.8 Å². The minimum Gasteiger partial charge on any atom is -0.447 e. The minimum atomic E-state index is -0.205. The van der Waals surface area contributed by atoms with Crippen LogP contribution in [0.3, 0.4) is 0 Å². The molecule has 1 heterocycles. The van der Waals surface area contributed by atoms with Crippen molar-refractivity contribution in [3.8, 4) is 0 Å². The van der Waals surface area contributed by atoms with Crippen LogP contribution >= 0.6 is 0 Å². The highest BCUT2D eigenvalue weighted by Gasteiger charge is 2.56. The predicted octanol–water partition coefficient (Wildman–Crippen LogP) is 0.702. The van der Waals surface area contributed by atoms with E-state index in [4.69, 9.17) is 9.84 Å². The number of aliphatic hydroxyl groups is 1. The smallest absolute Gasteiger partial charge is 0.410 e. The highest BCUT2D eigenvalue weighted by atomic mass is 16.6. The summed E-state index contributed by atoms with van der Waals surface area (Å²) in [6.07, 6.45) is -0.253. The van der Waals surface area contributed by atoms with Gasteiger partial charge in [0.15, 0.2) is 0 Å². The van der Waals surface area contributed by atoms with Crippen LogP contribution in [-0.4, -0.2) is 41.9 Å². The first-order valence-electron chi connectivity index (χ1n) is 5.20. The molecular formula is C10H17NO3. The maximum Gasteiger partial charge on any atom is 0.410 e. The number of ether oxygens (including phenoxy) is 1. The predicted molar refractivity (Wildman–Crippen MR) is 50.7 cm³/mol. The third kappa shape index (κ3) is 1.59. The van der Waals surface area contributed by atoms with Crippen LogP contribution in [0.4, 0.5) is 4.79 Å². The van der Waals surface area contributed by atoms with Crippen molar-refractivity contribution < 1.29 is 14.6 Å². The van der Waals surface area contributed by atoms with Crippen LogP contribution in [0.1, 0.15) is 13.8 Å². The summed E-state index contributed by atoms with van der Waals surface area (Å²) in [5.41, 5.74) is 0. The molecule has 0 bridgehead atoms. The second-order valence-corrected chi connectivity index (χ2v) is 4.51. The molecule has 0 spiro atoms. The van der Waals surface area contributed by atoms with Crippen molar-refractivity contribution in [2.45, 2.75) is 20.0 Å². The van der Waals surface area contributed by atoms with Gasteiger partial charge >= 0.3 is 6.09 Å². The lowest BCUT2D eigenvalue weighted by Gasteiger charge is -2.20. The van der Waals surface area contributed by atoms with Gasteiger partial charge in [-0.25, -0.2) is 4.79 Å². The molecule has 4 nitrogen and oxygen atoms in total. The van der Waals surface area contributed by atoms with E-state index in [0.717, 1.165) is 13.1 Å². The minimum absolute atomic E-state index is 0.0481. The van der Waals surface area contributed by atoms with Crippen LogP contribution in [0.15, 0.2) is 0 Å². The van der Waals surface area contributed by atoms with Gasteiger partial charge in [-0.05, 0) is 31.6 Å². The maximum absolute atomic E-state index is 11.5. The SMILES string of the molecule is CC(C)OC(=O)N1C[C@@H]2C(CO)[C@@H]2C1. The topological polar surface area (TPSA) is 49.8 Å². The molecule has 1 aliphatic heterocycles. The molecule has 4 heteroatoms. The van der Waals surface area contributed by atoms with E-state index >= 15 is 0 Å². The van der Waals surface area contributed by atoms with E-state index in [-0.39, 0.29) is 18.8 Å². The summed E-state index contributed by atoms with van der Waals surface area (Å²) < 4.78 is 5.10. The zero-order valence-electron chi connectivity index (χ0n) is 8.64. The van der Waals surface area contributed by atoms with Gasteiger partial charge in [-0.15, -0.1) is 0 Å². The molecule has 0 aromatic heterocycles. The molecule has 0 aromatic rings. The Morgan fingerprint density at radius 3 is 2.50 bits per heavy atom. The largest absolute Gasteiger partial charge is 0.447 e. The number of nitrogens with zero attached hydrogens (tertiary/aromatic N) is 1. The van der Waals surface area contributed by atoms with Gasteiger partial charge in [-0.3, -0.25) is 0 Å². The van der Waals surface area contributed by atoms with Gasteiger partial charge in [-0.1, -0.05) is 0 Å². The zero-order valence-corrected chi connectivity index (χ0v) is 8.64. The molecule has 0 aromatic carbocycles. The summed E-state index contributed by atoms with van der Waals surface area (Å²) in [7, 11) is 0. The number of piperidine rings is 1. The van der Waals surface area contributed by atoms with Crippen molar-refractivity contribution >= 4 is 6.09 Å². The summed E-state index contributed by atoms with van der Waals surface area (Å²) in [5, 5.41) is 8.95. The first-order valence-corrected chi connectivity index (χ1v) is 5.20. The molecule has 1 aliphatic carbocycles. The second-order valence-electron chi connectivity index (χ2n) is 4.51. The molecule has 1 saturated carbocycles. The molecule has 1 N–H and O–H groups in total. The van der Waals surface area contributed by atoms with Crippen molar-refractivity contribution in [3.05, 3.63) is 0 Å². The summed E-state index contributed by atoms with van der Waals surface area (Å²) in [6, 6.07) is 0.